The molecule has 3 rings (SSSR count). The van der Waals surface area contributed by atoms with Gasteiger partial charge in [0.2, 0.25) is 21.8 Å². The molecule has 0 aliphatic rings. The van der Waals surface area contributed by atoms with E-state index in [0.29, 0.717) is 22.4 Å². The summed E-state index contributed by atoms with van der Waals surface area (Å²) >= 11 is 6.01. The molecule has 0 aromatic heterocycles. The molecule has 0 saturated carbocycles. The molecule has 35 heavy (non-hydrogen) atoms. The minimum Gasteiger partial charge on any atom is -0.368 e. The van der Waals surface area contributed by atoms with Crippen LogP contribution in [0.3, 0.4) is 0 Å². The molecule has 0 fully saturated rings. The largest absolute Gasteiger partial charge is 0.368 e. The Bertz CT molecular complexity index is 1330. The van der Waals surface area contributed by atoms with Crippen molar-refractivity contribution in [2.75, 3.05) is 6.54 Å². The zero-order valence-corrected chi connectivity index (χ0v) is 20.9. The molecule has 0 saturated heterocycles. The topological polar surface area (TPSA) is 144 Å². The van der Waals surface area contributed by atoms with Crippen molar-refractivity contribution >= 4 is 44.2 Å². The molecule has 0 heterocycles. The predicted molar refractivity (Wildman–Crippen MR) is 137 cm³/mol. The molecule has 0 radical (unpaired) electrons. The van der Waals surface area contributed by atoms with Gasteiger partial charge in [-0.15, -0.1) is 0 Å². The van der Waals surface area contributed by atoms with Crippen LogP contribution in [0.15, 0.2) is 65.6 Å². The molecule has 0 aliphatic carbocycles. The molecular weight excluding hydrogens is 488 g/mol. The van der Waals surface area contributed by atoms with Gasteiger partial charge in [0.15, 0.2) is 0 Å². The van der Waals surface area contributed by atoms with Gasteiger partial charge >= 0.3 is 0 Å². The van der Waals surface area contributed by atoms with Crippen LogP contribution in [0.5, 0.6) is 0 Å². The minimum absolute atomic E-state index is 0.0645. The Morgan fingerprint density at radius 2 is 1.71 bits per heavy atom. The average Bonchev–Trinajstić information content (AvgIpc) is 2.81. The molecule has 0 unspecified atom stereocenters. The number of amides is 2. The highest BCUT2D eigenvalue weighted by atomic mass is 35.5. The fraction of sp³-hybridized carbons (Fsp3) is 0.280. The Balaban J connectivity index is 1.86. The first-order valence-electron chi connectivity index (χ1n) is 11.2. The van der Waals surface area contributed by atoms with Crippen LogP contribution < -0.4 is 21.5 Å². The van der Waals surface area contributed by atoms with Crippen molar-refractivity contribution < 1.29 is 18.0 Å². The fourth-order valence-electron chi connectivity index (χ4n) is 3.87. The number of hydrogen-bond acceptors (Lipinski definition) is 5. The molecule has 6 N–H and O–H groups in total. The lowest BCUT2D eigenvalue weighted by molar-refractivity contribution is -0.128. The maximum atomic E-state index is 13.4. The summed E-state index contributed by atoms with van der Waals surface area (Å²) in [5.74, 6) is -1.41. The number of nitrogens with two attached hydrogens (primary N) is 2. The van der Waals surface area contributed by atoms with Crippen molar-refractivity contribution in [1.82, 2.24) is 10.0 Å². The normalized spacial score (nSPS) is 13.3. The third-order valence-electron chi connectivity index (χ3n) is 5.69. The molecule has 0 spiro atoms. The predicted octanol–water partition coefficient (Wildman–Crippen LogP) is 2.40. The Morgan fingerprint density at radius 1 is 1.00 bits per heavy atom. The number of sulfonamides is 1. The molecule has 2 atom stereocenters. The highest BCUT2D eigenvalue weighted by Gasteiger charge is 2.29. The number of hydrogen-bond donors (Lipinski definition) is 4. The summed E-state index contributed by atoms with van der Waals surface area (Å²) in [7, 11) is -4.08. The molecule has 10 heteroatoms. The summed E-state index contributed by atoms with van der Waals surface area (Å²) < 4.78 is 29.2. The van der Waals surface area contributed by atoms with Gasteiger partial charge in [0.05, 0.1) is 4.90 Å². The number of benzene rings is 3. The van der Waals surface area contributed by atoms with E-state index in [-0.39, 0.29) is 24.3 Å². The van der Waals surface area contributed by atoms with E-state index in [2.05, 4.69) is 10.0 Å². The lowest BCUT2D eigenvalue weighted by Gasteiger charge is -2.22. The highest BCUT2D eigenvalue weighted by molar-refractivity contribution is 7.89. The summed E-state index contributed by atoms with van der Waals surface area (Å²) in [6, 6.07) is 15.0. The van der Waals surface area contributed by atoms with E-state index in [1.165, 1.54) is 6.07 Å². The average molecular weight is 517 g/mol. The molecule has 3 aromatic rings. The van der Waals surface area contributed by atoms with Crippen molar-refractivity contribution in [2.45, 2.75) is 43.2 Å². The zero-order chi connectivity index (χ0) is 25.6. The number of carbonyl (C=O) groups excluding carboxylic acids is 2. The van der Waals surface area contributed by atoms with E-state index in [1.807, 2.05) is 19.1 Å². The van der Waals surface area contributed by atoms with Crippen LogP contribution in [0, 0.1) is 6.92 Å². The molecule has 0 bridgehead atoms. The van der Waals surface area contributed by atoms with Crippen LogP contribution in [0.25, 0.3) is 10.8 Å². The number of rotatable bonds is 11. The van der Waals surface area contributed by atoms with Crippen LogP contribution in [-0.2, 0) is 26.0 Å². The molecule has 2 amide bonds. The minimum atomic E-state index is -4.08. The fourth-order valence-corrected chi connectivity index (χ4v) is 5.52. The van der Waals surface area contributed by atoms with E-state index >= 15 is 0 Å². The number of nitrogens with one attached hydrogen (secondary N) is 2. The number of halogens is 1. The van der Waals surface area contributed by atoms with Gasteiger partial charge in [0.25, 0.3) is 0 Å². The number of primary amides is 1. The molecular formula is C25H29ClN4O4S. The van der Waals surface area contributed by atoms with E-state index in [9.17, 15) is 18.0 Å². The summed E-state index contributed by atoms with van der Waals surface area (Å²) in [6.07, 6.45) is 0.652. The van der Waals surface area contributed by atoms with Gasteiger partial charge in [0, 0.05) is 16.8 Å². The summed E-state index contributed by atoms with van der Waals surface area (Å²) in [5, 5.41) is 4.42. The van der Waals surface area contributed by atoms with Gasteiger partial charge < -0.3 is 16.8 Å². The number of aryl methyl sites for hydroxylation is 1. The van der Waals surface area contributed by atoms with Gasteiger partial charge in [-0.2, -0.15) is 4.72 Å². The first kappa shape index (κ1) is 26.6. The monoisotopic (exact) mass is 516 g/mol. The van der Waals surface area contributed by atoms with E-state index in [4.69, 9.17) is 23.1 Å². The molecule has 8 nitrogen and oxygen atoms in total. The first-order chi connectivity index (χ1) is 16.6. The van der Waals surface area contributed by atoms with Crippen molar-refractivity contribution in [1.29, 1.82) is 0 Å². The molecule has 0 aliphatic heterocycles. The SMILES string of the molecule is Cc1ccc(S(=O)(=O)N[C@@H](CCCN)C(=O)N[C@@H](Cc2cccc(Cl)c2)C(N)=O)c2ccccc12. The van der Waals surface area contributed by atoms with Crippen molar-refractivity contribution in [3.05, 3.63) is 76.8 Å². The standard InChI is InChI=1S/C25H29ClN4O4S/c1-16-11-12-23(20-9-3-2-8-19(16)20)35(33,34)30-21(10-5-13-27)25(32)29-22(24(28)31)15-17-6-4-7-18(26)14-17/h2-4,6-9,11-12,14,21-22,30H,5,10,13,15,27H2,1H3,(H2,28,31)(H,29,32)/t21-,22-/m0/s1. The number of fused-ring (bicyclic) bond motifs is 1. The van der Waals surface area contributed by atoms with Gasteiger partial charge in [-0.05, 0) is 61.0 Å². The van der Waals surface area contributed by atoms with Crippen molar-refractivity contribution in [3.8, 4) is 0 Å². The third kappa shape index (κ3) is 6.79. The van der Waals surface area contributed by atoms with Crippen LogP contribution in [0.2, 0.25) is 5.02 Å². The van der Waals surface area contributed by atoms with E-state index < -0.39 is 33.9 Å². The van der Waals surface area contributed by atoms with Gasteiger partial charge in [-0.3, -0.25) is 9.59 Å². The molecule has 186 valence electrons. The van der Waals surface area contributed by atoms with Crippen LogP contribution >= 0.6 is 11.6 Å². The van der Waals surface area contributed by atoms with Crippen LogP contribution in [-0.4, -0.2) is 38.9 Å². The Labute approximate surface area is 210 Å². The second kappa shape index (κ2) is 11.6. The van der Waals surface area contributed by atoms with Gasteiger partial charge in [-0.1, -0.05) is 54.1 Å². The maximum Gasteiger partial charge on any atom is 0.241 e. The Morgan fingerprint density at radius 3 is 2.37 bits per heavy atom. The first-order valence-corrected chi connectivity index (χ1v) is 13.0. The van der Waals surface area contributed by atoms with Gasteiger partial charge in [-0.25, -0.2) is 8.42 Å². The quantitative estimate of drug-likeness (QED) is 0.309. The lowest BCUT2D eigenvalue weighted by Crippen LogP contribution is -2.53. The number of carbonyl (C=O) groups is 2. The van der Waals surface area contributed by atoms with E-state index in [1.54, 1.807) is 42.5 Å². The van der Waals surface area contributed by atoms with Crippen molar-refractivity contribution in [2.24, 2.45) is 11.5 Å². The maximum absolute atomic E-state index is 13.4. The Kier molecular flexibility index (Phi) is 8.85. The van der Waals surface area contributed by atoms with Crippen molar-refractivity contribution in [3.63, 3.8) is 0 Å². The third-order valence-corrected chi connectivity index (χ3v) is 7.46. The summed E-state index contributed by atoms with van der Waals surface area (Å²) in [4.78, 5) is 25.3. The highest BCUT2D eigenvalue weighted by Crippen LogP contribution is 2.26. The Hall–Kier alpha value is -2.98. The molecule has 3 aromatic carbocycles. The van der Waals surface area contributed by atoms with E-state index in [0.717, 1.165) is 10.9 Å². The van der Waals surface area contributed by atoms with Crippen LogP contribution in [0.4, 0.5) is 0 Å². The lowest BCUT2D eigenvalue weighted by atomic mass is 10.0. The second-order valence-corrected chi connectivity index (χ2v) is 10.4. The summed E-state index contributed by atoms with van der Waals surface area (Å²) in [5.41, 5.74) is 12.8. The zero-order valence-electron chi connectivity index (χ0n) is 19.3. The smallest absolute Gasteiger partial charge is 0.241 e. The van der Waals surface area contributed by atoms with Crippen LogP contribution in [0.1, 0.15) is 24.0 Å². The van der Waals surface area contributed by atoms with Gasteiger partial charge in [0.1, 0.15) is 12.1 Å². The second-order valence-electron chi connectivity index (χ2n) is 8.33. The summed E-state index contributed by atoms with van der Waals surface area (Å²) in [6.45, 7) is 2.16.